The van der Waals surface area contributed by atoms with Gasteiger partial charge in [0, 0.05) is 20.8 Å². The standard InChI is InChI=1S/C14H25NO3/c1-9(16)12-5-10-6-13(17-3)14(18-4)7-11(10)8-15(12)2/h10-14H,5-8H2,1-4H3/t10?,11?,12-,13?,14?/m0/s1. The predicted molar refractivity (Wildman–Crippen MR) is 69.5 cm³/mol. The summed E-state index contributed by atoms with van der Waals surface area (Å²) in [5.74, 6) is 1.53. The molecule has 0 aromatic heterocycles. The van der Waals surface area contributed by atoms with E-state index >= 15 is 0 Å². The number of fused-ring (bicyclic) bond motifs is 1. The molecule has 1 heterocycles. The fourth-order valence-corrected chi connectivity index (χ4v) is 3.73. The topological polar surface area (TPSA) is 38.8 Å². The molecule has 2 rings (SSSR count). The number of ketones is 1. The van der Waals surface area contributed by atoms with Crippen molar-refractivity contribution in [2.75, 3.05) is 27.8 Å². The van der Waals surface area contributed by atoms with Crippen LogP contribution < -0.4 is 0 Å². The average molecular weight is 255 g/mol. The Bertz CT molecular complexity index is 307. The minimum absolute atomic E-state index is 0.0999. The third kappa shape index (κ3) is 2.60. The molecule has 1 aliphatic carbocycles. The van der Waals surface area contributed by atoms with E-state index in [1.54, 1.807) is 21.1 Å². The van der Waals surface area contributed by atoms with Gasteiger partial charge < -0.3 is 9.47 Å². The molecule has 2 fully saturated rings. The van der Waals surface area contributed by atoms with E-state index in [2.05, 4.69) is 11.9 Å². The third-order valence-electron chi connectivity index (χ3n) is 4.81. The zero-order valence-corrected chi connectivity index (χ0v) is 11.9. The summed E-state index contributed by atoms with van der Waals surface area (Å²) in [6.45, 7) is 2.71. The van der Waals surface area contributed by atoms with Crippen molar-refractivity contribution in [3.63, 3.8) is 0 Å². The first-order valence-electron chi connectivity index (χ1n) is 6.83. The average Bonchev–Trinajstić information content (AvgIpc) is 2.36. The van der Waals surface area contributed by atoms with Crippen LogP contribution in [0.1, 0.15) is 26.2 Å². The Kier molecular flexibility index (Phi) is 4.41. The summed E-state index contributed by atoms with van der Waals surface area (Å²) in [6, 6.07) is 0.0999. The molecule has 18 heavy (non-hydrogen) atoms. The molecule has 5 atom stereocenters. The number of rotatable bonds is 3. The summed E-state index contributed by atoms with van der Waals surface area (Å²) in [5, 5.41) is 0. The normalized spacial score (nSPS) is 41.4. The Morgan fingerprint density at radius 1 is 1.06 bits per heavy atom. The van der Waals surface area contributed by atoms with Crippen molar-refractivity contribution in [2.24, 2.45) is 11.8 Å². The van der Waals surface area contributed by atoms with Crippen LogP contribution in [0.15, 0.2) is 0 Å². The summed E-state index contributed by atoms with van der Waals surface area (Å²) < 4.78 is 11.1. The number of likely N-dealkylation sites (N-methyl/N-ethyl adjacent to an activating group) is 1. The smallest absolute Gasteiger partial charge is 0.146 e. The molecule has 0 spiro atoms. The zero-order valence-electron chi connectivity index (χ0n) is 11.9. The van der Waals surface area contributed by atoms with Crippen LogP contribution in [0.2, 0.25) is 0 Å². The molecule has 0 aromatic rings. The maximum Gasteiger partial charge on any atom is 0.146 e. The van der Waals surface area contributed by atoms with Gasteiger partial charge in [0.25, 0.3) is 0 Å². The highest BCUT2D eigenvalue weighted by Gasteiger charge is 2.43. The summed E-state index contributed by atoms with van der Waals surface area (Å²) in [7, 11) is 5.59. The lowest BCUT2D eigenvalue weighted by Gasteiger charge is -2.47. The van der Waals surface area contributed by atoms with E-state index in [0.717, 1.165) is 25.8 Å². The number of Topliss-reactive ketones (excluding diaryl/α,β-unsaturated/α-hetero) is 1. The van der Waals surface area contributed by atoms with Gasteiger partial charge >= 0.3 is 0 Å². The Morgan fingerprint density at radius 2 is 1.61 bits per heavy atom. The van der Waals surface area contributed by atoms with Gasteiger partial charge in [0.1, 0.15) is 5.78 Å². The molecule has 1 aliphatic heterocycles. The fourth-order valence-electron chi connectivity index (χ4n) is 3.73. The molecule has 4 heteroatoms. The summed E-state index contributed by atoms with van der Waals surface area (Å²) in [5.41, 5.74) is 0. The number of hydrogen-bond acceptors (Lipinski definition) is 4. The van der Waals surface area contributed by atoms with Crippen molar-refractivity contribution in [2.45, 2.75) is 44.4 Å². The van der Waals surface area contributed by atoms with E-state index in [9.17, 15) is 4.79 Å². The van der Waals surface area contributed by atoms with Gasteiger partial charge in [0.2, 0.25) is 0 Å². The van der Waals surface area contributed by atoms with E-state index < -0.39 is 0 Å². The molecule has 0 N–H and O–H groups in total. The Balaban J connectivity index is 2.06. The van der Waals surface area contributed by atoms with Gasteiger partial charge in [-0.3, -0.25) is 9.69 Å². The van der Waals surface area contributed by atoms with Gasteiger partial charge in [-0.15, -0.1) is 0 Å². The van der Waals surface area contributed by atoms with Gasteiger partial charge in [-0.2, -0.15) is 0 Å². The highest BCUT2D eigenvalue weighted by Crippen LogP contribution is 2.40. The first-order chi connectivity index (χ1) is 8.56. The zero-order chi connectivity index (χ0) is 13.3. The molecular formula is C14H25NO3. The lowest BCUT2D eigenvalue weighted by Crippen LogP contribution is -2.53. The van der Waals surface area contributed by atoms with E-state index in [1.807, 2.05) is 0 Å². The first kappa shape index (κ1) is 14.0. The molecule has 104 valence electrons. The number of likely N-dealkylation sites (tertiary alicyclic amines) is 1. The molecule has 4 unspecified atom stereocenters. The number of nitrogens with zero attached hydrogens (tertiary/aromatic N) is 1. The lowest BCUT2D eigenvalue weighted by atomic mass is 9.70. The molecule has 2 aliphatic rings. The van der Waals surface area contributed by atoms with E-state index in [1.165, 1.54) is 0 Å². The SMILES string of the molecule is COC1CC2C[C@@H](C(C)=O)N(C)CC2CC1OC. The van der Waals surface area contributed by atoms with Crippen LogP contribution in [0.3, 0.4) is 0 Å². The number of ether oxygens (including phenoxy) is 2. The second-order valence-corrected chi connectivity index (χ2v) is 5.84. The van der Waals surface area contributed by atoms with Crippen molar-refractivity contribution in [3.8, 4) is 0 Å². The summed E-state index contributed by atoms with van der Waals surface area (Å²) >= 11 is 0. The van der Waals surface area contributed by atoms with E-state index in [4.69, 9.17) is 9.47 Å². The van der Waals surface area contributed by atoms with Crippen LogP contribution in [-0.2, 0) is 14.3 Å². The molecule has 1 saturated carbocycles. The number of methoxy groups -OCH3 is 2. The number of hydrogen-bond donors (Lipinski definition) is 0. The van der Waals surface area contributed by atoms with Gasteiger partial charge in [0.15, 0.2) is 0 Å². The van der Waals surface area contributed by atoms with Gasteiger partial charge in [0.05, 0.1) is 18.2 Å². The van der Waals surface area contributed by atoms with E-state index in [0.29, 0.717) is 17.6 Å². The van der Waals surface area contributed by atoms with Crippen molar-refractivity contribution in [3.05, 3.63) is 0 Å². The predicted octanol–water partition coefficient (Wildman–Crippen LogP) is 1.34. The Morgan fingerprint density at radius 3 is 2.11 bits per heavy atom. The Labute approximate surface area is 110 Å². The molecular weight excluding hydrogens is 230 g/mol. The van der Waals surface area contributed by atoms with E-state index in [-0.39, 0.29) is 18.2 Å². The molecule has 0 amide bonds. The maximum atomic E-state index is 11.7. The van der Waals surface area contributed by atoms with Gasteiger partial charge in [-0.25, -0.2) is 0 Å². The number of piperidine rings is 1. The summed E-state index contributed by atoms with van der Waals surface area (Å²) in [6.07, 6.45) is 3.45. The van der Waals surface area contributed by atoms with Crippen LogP contribution in [-0.4, -0.2) is 56.7 Å². The number of carbonyl (C=O) groups excluding carboxylic acids is 1. The van der Waals surface area contributed by atoms with Crippen molar-refractivity contribution in [1.82, 2.24) is 4.90 Å². The van der Waals surface area contributed by atoms with Crippen molar-refractivity contribution >= 4 is 5.78 Å². The van der Waals surface area contributed by atoms with Gasteiger partial charge in [-0.1, -0.05) is 0 Å². The van der Waals surface area contributed by atoms with Crippen molar-refractivity contribution in [1.29, 1.82) is 0 Å². The van der Waals surface area contributed by atoms with Crippen LogP contribution in [0.4, 0.5) is 0 Å². The summed E-state index contributed by atoms with van der Waals surface area (Å²) in [4.78, 5) is 13.9. The van der Waals surface area contributed by atoms with Crippen LogP contribution in [0.25, 0.3) is 0 Å². The second-order valence-electron chi connectivity index (χ2n) is 5.84. The lowest BCUT2D eigenvalue weighted by molar-refractivity contribution is -0.130. The largest absolute Gasteiger partial charge is 0.379 e. The molecule has 0 bridgehead atoms. The second kappa shape index (κ2) is 5.68. The van der Waals surface area contributed by atoms with Crippen LogP contribution in [0, 0.1) is 11.8 Å². The highest BCUT2D eigenvalue weighted by molar-refractivity contribution is 5.81. The van der Waals surface area contributed by atoms with Gasteiger partial charge in [-0.05, 0) is 45.1 Å². The highest BCUT2D eigenvalue weighted by atomic mass is 16.5. The minimum atomic E-state index is 0.0999. The minimum Gasteiger partial charge on any atom is -0.379 e. The maximum absolute atomic E-state index is 11.7. The van der Waals surface area contributed by atoms with Crippen molar-refractivity contribution < 1.29 is 14.3 Å². The Hall–Kier alpha value is -0.450. The molecule has 0 aromatic carbocycles. The molecule has 0 radical (unpaired) electrons. The first-order valence-corrected chi connectivity index (χ1v) is 6.83. The number of carbonyl (C=O) groups is 1. The monoisotopic (exact) mass is 255 g/mol. The quantitative estimate of drug-likeness (QED) is 0.763. The third-order valence-corrected chi connectivity index (χ3v) is 4.81. The molecule has 1 saturated heterocycles. The van der Waals surface area contributed by atoms with Crippen LogP contribution >= 0.6 is 0 Å². The van der Waals surface area contributed by atoms with Crippen LogP contribution in [0.5, 0.6) is 0 Å². The molecule has 4 nitrogen and oxygen atoms in total. The fraction of sp³-hybridized carbons (Fsp3) is 0.929.